The maximum absolute atomic E-state index is 12.9. The van der Waals surface area contributed by atoms with E-state index in [0.29, 0.717) is 38.0 Å². The molecule has 0 fully saturated rings. The largest absolute Gasteiger partial charge is 0.495 e. The molecule has 2 amide bonds. The molecule has 0 bridgehead atoms. The number of aromatic nitrogens is 4. The molecule has 13 nitrogen and oxygen atoms in total. The fourth-order valence-electron chi connectivity index (χ4n) is 7.53. The number of benzene rings is 1. The van der Waals surface area contributed by atoms with Crippen LogP contribution in [0.2, 0.25) is 5.15 Å². The van der Waals surface area contributed by atoms with E-state index in [4.69, 9.17) is 25.8 Å². The van der Waals surface area contributed by atoms with Crippen LogP contribution in [0.5, 0.6) is 5.75 Å². The van der Waals surface area contributed by atoms with Crippen molar-refractivity contribution < 1.29 is 23.8 Å². The lowest BCUT2D eigenvalue weighted by molar-refractivity contribution is -0.135. The van der Waals surface area contributed by atoms with Crippen molar-refractivity contribution in [1.29, 1.82) is 0 Å². The van der Waals surface area contributed by atoms with E-state index in [-0.39, 0.29) is 23.7 Å². The third-order valence-electron chi connectivity index (χ3n) is 10.6. The van der Waals surface area contributed by atoms with Gasteiger partial charge in [0.1, 0.15) is 39.0 Å². The van der Waals surface area contributed by atoms with E-state index < -0.39 is 0 Å². The molecule has 4 aromatic heterocycles. The summed E-state index contributed by atoms with van der Waals surface area (Å²) in [4.78, 5) is 55.1. The van der Waals surface area contributed by atoms with E-state index in [1.807, 2.05) is 26.4 Å². The second kappa shape index (κ2) is 17.2. The molecule has 1 aromatic carbocycles. The van der Waals surface area contributed by atoms with Crippen molar-refractivity contribution in [2.24, 2.45) is 16.8 Å². The Morgan fingerprint density at radius 2 is 1.42 bits per heavy atom. The highest BCUT2D eigenvalue weighted by molar-refractivity contribution is 7.19. The van der Waals surface area contributed by atoms with Gasteiger partial charge in [0.25, 0.3) is 0 Å². The predicted octanol–water partition coefficient (Wildman–Crippen LogP) is 6.14. The van der Waals surface area contributed by atoms with Crippen LogP contribution in [0.25, 0.3) is 20.4 Å². The number of likely N-dealkylation sites (N-methyl/N-ethyl adjacent to an activating group) is 2. The number of thiophene rings is 2. The minimum Gasteiger partial charge on any atom is -0.495 e. The summed E-state index contributed by atoms with van der Waals surface area (Å²) in [6.07, 6.45) is 9.85. The van der Waals surface area contributed by atoms with Gasteiger partial charge in [0.2, 0.25) is 11.8 Å². The molecule has 2 aliphatic carbocycles. The summed E-state index contributed by atoms with van der Waals surface area (Å²) in [6.45, 7) is 3.03. The molecule has 0 saturated heterocycles. The lowest BCUT2D eigenvalue weighted by atomic mass is 9.87. The summed E-state index contributed by atoms with van der Waals surface area (Å²) in [5.41, 5.74) is 5.59. The summed E-state index contributed by atoms with van der Waals surface area (Å²) in [7, 11) is 8.66. The number of nitrogens with zero attached hydrogens (tertiary/aromatic N) is 7. The minimum atomic E-state index is -0.00659. The molecular formula is C39H45ClN8O5S2. The number of carbonyl (C=O) groups is 2. The Labute approximate surface area is 333 Å². The highest BCUT2D eigenvalue weighted by Crippen LogP contribution is 2.43. The number of hydrogen-bond donors (Lipinski definition) is 1. The number of anilines is 2. The van der Waals surface area contributed by atoms with Gasteiger partial charge in [-0.2, -0.15) is 0 Å². The standard InChI is InChI=1S/C24H27N5O3S.C15H18ClN3O2S/c1-29(6-7-31-2)24(30)14-4-5-17-20(10-14)33-23-21(17)22(26-13-27-23)28-18-8-15-11-25-12-16(15)9-19(18)32-3;1-19(5-6-21-2)15(20)9-3-4-10-11(7-9)22-14-12(10)13(16)17-8-18-14/h8-9,11,13-14H,4-7,10,12H2,1-3H3,(H,26,27,28);8-9H,3-7H2,1-2H3/t14-;9-/m00/s1. The van der Waals surface area contributed by atoms with Gasteiger partial charge >= 0.3 is 0 Å². The van der Waals surface area contributed by atoms with E-state index in [1.54, 1.807) is 60.1 Å². The van der Waals surface area contributed by atoms with Crippen LogP contribution in [-0.4, -0.2) is 109 Å². The Morgan fingerprint density at radius 3 is 2.02 bits per heavy atom. The van der Waals surface area contributed by atoms with Gasteiger partial charge in [-0.3, -0.25) is 14.6 Å². The molecule has 0 saturated carbocycles. The molecule has 2 atom stereocenters. The zero-order chi connectivity index (χ0) is 38.6. The summed E-state index contributed by atoms with van der Waals surface area (Å²) in [6, 6.07) is 4.09. The van der Waals surface area contributed by atoms with Crippen molar-refractivity contribution in [1.82, 2.24) is 29.7 Å². The molecule has 0 unspecified atom stereocenters. The number of ether oxygens (including phenoxy) is 3. The van der Waals surface area contributed by atoms with E-state index >= 15 is 0 Å². The molecule has 3 aliphatic rings. The number of aliphatic imine (C=N–C) groups is 1. The van der Waals surface area contributed by atoms with E-state index in [0.717, 1.165) is 87.3 Å². The third-order valence-corrected chi connectivity index (χ3v) is 13.2. The molecule has 1 aliphatic heterocycles. The van der Waals surface area contributed by atoms with Crippen molar-refractivity contribution in [3.05, 3.63) is 61.9 Å². The van der Waals surface area contributed by atoms with Crippen LogP contribution in [0.4, 0.5) is 11.5 Å². The number of rotatable bonds is 11. The first-order valence-corrected chi connectivity index (χ1v) is 20.3. The molecule has 5 aromatic rings. The number of hydrogen-bond acceptors (Lipinski definition) is 13. The molecule has 16 heteroatoms. The number of methoxy groups -OCH3 is 3. The molecule has 290 valence electrons. The number of fused-ring (bicyclic) bond motifs is 7. The zero-order valence-corrected chi connectivity index (χ0v) is 34.1. The van der Waals surface area contributed by atoms with Crippen molar-refractivity contribution in [2.75, 3.05) is 67.0 Å². The third kappa shape index (κ3) is 8.17. The van der Waals surface area contributed by atoms with E-state index in [1.165, 1.54) is 27.2 Å². The predicted molar refractivity (Wildman–Crippen MR) is 217 cm³/mol. The topological polar surface area (TPSA) is 144 Å². The first-order chi connectivity index (χ1) is 26.7. The van der Waals surface area contributed by atoms with Crippen LogP contribution < -0.4 is 10.1 Å². The normalized spacial score (nSPS) is 16.9. The molecule has 8 rings (SSSR count). The van der Waals surface area contributed by atoms with Crippen molar-refractivity contribution in [3.63, 3.8) is 0 Å². The van der Waals surface area contributed by atoms with Crippen molar-refractivity contribution in [3.8, 4) is 5.75 Å². The van der Waals surface area contributed by atoms with Gasteiger partial charge < -0.3 is 29.3 Å². The average molecular weight is 805 g/mol. The smallest absolute Gasteiger partial charge is 0.225 e. The highest BCUT2D eigenvalue weighted by atomic mass is 35.5. The minimum absolute atomic E-state index is 0.00659. The fourth-order valence-corrected chi connectivity index (χ4v) is 10.4. The number of amides is 2. The fraction of sp³-hybridized carbons (Fsp3) is 0.462. The van der Waals surface area contributed by atoms with E-state index in [9.17, 15) is 9.59 Å². The zero-order valence-electron chi connectivity index (χ0n) is 31.7. The molecule has 5 heterocycles. The molecule has 55 heavy (non-hydrogen) atoms. The number of carbonyl (C=O) groups excluding carboxylic acids is 2. The van der Waals surface area contributed by atoms with Crippen LogP contribution in [-0.2, 0) is 51.3 Å². The monoisotopic (exact) mass is 804 g/mol. The first-order valence-electron chi connectivity index (χ1n) is 18.3. The maximum atomic E-state index is 12.9. The van der Waals surface area contributed by atoms with Crippen LogP contribution in [0.3, 0.4) is 0 Å². The summed E-state index contributed by atoms with van der Waals surface area (Å²) in [5.74, 6) is 1.94. The van der Waals surface area contributed by atoms with Gasteiger partial charge in [-0.1, -0.05) is 11.6 Å². The Kier molecular flexibility index (Phi) is 12.2. The van der Waals surface area contributed by atoms with Gasteiger partial charge in [0.15, 0.2) is 0 Å². The van der Waals surface area contributed by atoms with Crippen molar-refractivity contribution in [2.45, 2.75) is 45.1 Å². The first kappa shape index (κ1) is 39.0. The van der Waals surface area contributed by atoms with Gasteiger partial charge in [-0.15, -0.1) is 22.7 Å². The van der Waals surface area contributed by atoms with Gasteiger partial charge in [-0.25, -0.2) is 19.9 Å². The molecule has 0 spiro atoms. The van der Waals surface area contributed by atoms with Crippen LogP contribution in [0.1, 0.15) is 44.8 Å². The second-order valence-electron chi connectivity index (χ2n) is 14.0. The number of halogens is 1. The van der Waals surface area contributed by atoms with Crippen LogP contribution in [0, 0.1) is 11.8 Å². The number of aryl methyl sites for hydroxylation is 2. The Bertz CT molecular complexity index is 2240. The van der Waals surface area contributed by atoms with E-state index in [2.05, 4.69) is 36.3 Å². The average Bonchev–Trinajstić information content (AvgIpc) is 3.93. The van der Waals surface area contributed by atoms with Gasteiger partial charge in [-0.05, 0) is 72.9 Å². The van der Waals surface area contributed by atoms with Gasteiger partial charge in [0, 0.05) is 69.2 Å². The summed E-state index contributed by atoms with van der Waals surface area (Å²) in [5, 5.41) is 6.03. The number of nitrogens with one attached hydrogen (secondary N) is 1. The Morgan fingerprint density at radius 1 is 0.836 bits per heavy atom. The maximum Gasteiger partial charge on any atom is 0.225 e. The Hall–Kier alpha value is -4.28. The molecule has 0 radical (unpaired) electrons. The van der Waals surface area contributed by atoms with Crippen LogP contribution in [0.15, 0.2) is 29.8 Å². The quantitative estimate of drug-likeness (QED) is 0.155. The lowest BCUT2D eigenvalue weighted by Gasteiger charge is -2.26. The second-order valence-corrected chi connectivity index (χ2v) is 16.5. The van der Waals surface area contributed by atoms with Crippen molar-refractivity contribution >= 4 is 84.2 Å². The SMILES string of the molecule is COCCN(C)C(=O)[C@H]1CCc2c(sc3ncnc(Cl)c23)C1.COCCN(C)C(=O)[C@H]1CCc2c(sc3ncnc(Nc4cc5c(cc4OC)CN=C5)c23)C1. The highest BCUT2D eigenvalue weighted by Gasteiger charge is 2.32. The summed E-state index contributed by atoms with van der Waals surface area (Å²) >= 11 is 9.51. The van der Waals surface area contributed by atoms with Crippen LogP contribution >= 0.6 is 34.3 Å². The van der Waals surface area contributed by atoms with Gasteiger partial charge in [0.05, 0.1) is 43.3 Å². The lowest BCUT2D eigenvalue weighted by Crippen LogP contribution is -2.37. The summed E-state index contributed by atoms with van der Waals surface area (Å²) < 4.78 is 15.8. The Balaban J connectivity index is 0.000000184. The molecular weight excluding hydrogens is 760 g/mol. The molecule has 1 N–H and O–H groups in total.